The Morgan fingerprint density at radius 2 is 2.40 bits per heavy atom. The zero-order valence-corrected chi connectivity index (χ0v) is 8.82. The van der Waals surface area contributed by atoms with Gasteiger partial charge in [-0.2, -0.15) is 0 Å². The predicted molar refractivity (Wildman–Crippen MR) is 51.0 cm³/mol. The molecule has 1 heterocycles. The summed E-state index contributed by atoms with van der Waals surface area (Å²) in [7, 11) is 1.54. The lowest BCUT2D eigenvalue weighted by atomic mass is 10.1. The summed E-state index contributed by atoms with van der Waals surface area (Å²) >= 11 is 0. The van der Waals surface area contributed by atoms with E-state index < -0.39 is 0 Å². The van der Waals surface area contributed by atoms with Crippen LogP contribution in [-0.4, -0.2) is 51.3 Å². The molecule has 0 aliphatic carbocycles. The molecule has 1 atom stereocenters. The van der Waals surface area contributed by atoms with Crippen molar-refractivity contribution < 1.29 is 24.4 Å². The smallest absolute Gasteiger partial charge is 0.312 e. The molecule has 0 saturated carbocycles. The van der Waals surface area contributed by atoms with E-state index in [0.29, 0.717) is 13.2 Å². The van der Waals surface area contributed by atoms with Crippen molar-refractivity contribution in [3.8, 4) is 0 Å². The minimum atomic E-state index is -0.356. The van der Waals surface area contributed by atoms with Gasteiger partial charge in [-0.05, 0) is 0 Å². The minimum absolute atomic E-state index is 0.0926. The third kappa shape index (κ3) is 4.26. The summed E-state index contributed by atoms with van der Waals surface area (Å²) in [6.07, 6.45) is 0.121. The maximum atomic E-state index is 11.3. The van der Waals surface area contributed by atoms with E-state index in [1.807, 2.05) is 5.32 Å². The van der Waals surface area contributed by atoms with Crippen molar-refractivity contribution in [2.75, 3.05) is 33.4 Å². The van der Waals surface area contributed by atoms with E-state index in [0.717, 1.165) is 6.54 Å². The van der Waals surface area contributed by atoms with Gasteiger partial charge < -0.3 is 20.1 Å². The molecule has 1 rings (SSSR count). The Morgan fingerprint density at radius 3 is 3.07 bits per heavy atom. The minimum Gasteiger partial charge on any atom is -0.463 e. The molecule has 0 unspecified atom stereocenters. The average molecular weight is 217 g/mol. The standard InChI is InChI=1S/C9H16N2O4/c1-14-4-5-15-8(12)6-7-9(13)11-3-2-10-7/h7,10H,2-6H2,1H3,(H,11,13)/p+1/t7-/m0/s1. The van der Waals surface area contributed by atoms with E-state index in [1.54, 1.807) is 0 Å². The Kier molecular flexibility index (Phi) is 5.06. The quantitative estimate of drug-likeness (QED) is 0.398. The van der Waals surface area contributed by atoms with Crippen molar-refractivity contribution in [1.29, 1.82) is 0 Å². The van der Waals surface area contributed by atoms with Gasteiger partial charge in [0, 0.05) is 7.11 Å². The van der Waals surface area contributed by atoms with Crippen LogP contribution >= 0.6 is 0 Å². The molecule has 1 aliphatic rings. The van der Waals surface area contributed by atoms with Crippen LogP contribution in [0, 0.1) is 0 Å². The molecular weight excluding hydrogens is 200 g/mol. The van der Waals surface area contributed by atoms with Crippen LogP contribution < -0.4 is 10.6 Å². The Labute approximate surface area is 88.3 Å². The first-order valence-electron chi connectivity index (χ1n) is 4.99. The first-order chi connectivity index (χ1) is 7.24. The number of hydrogen-bond donors (Lipinski definition) is 2. The third-order valence-electron chi connectivity index (χ3n) is 2.17. The van der Waals surface area contributed by atoms with Gasteiger partial charge in [-0.25, -0.2) is 0 Å². The number of esters is 1. The van der Waals surface area contributed by atoms with E-state index in [-0.39, 0.29) is 30.9 Å². The molecule has 15 heavy (non-hydrogen) atoms. The van der Waals surface area contributed by atoms with Crippen LogP contribution in [0.5, 0.6) is 0 Å². The highest BCUT2D eigenvalue weighted by Gasteiger charge is 2.28. The molecule has 1 fully saturated rings. The molecule has 1 amide bonds. The molecule has 6 heteroatoms. The number of nitrogens with one attached hydrogen (secondary N) is 1. The number of carbonyl (C=O) groups excluding carboxylic acids is 2. The Hall–Kier alpha value is -1.14. The normalized spacial score (nSPS) is 20.9. The molecule has 0 bridgehead atoms. The van der Waals surface area contributed by atoms with Crippen LogP contribution in [0.1, 0.15) is 6.42 Å². The van der Waals surface area contributed by atoms with Crippen molar-refractivity contribution in [3.05, 3.63) is 0 Å². The first kappa shape index (κ1) is 11.9. The van der Waals surface area contributed by atoms with Crippen LogP contribution in [0.25, 0.3) is 0 Å². The number of carbonyl (C=O) groups is 2. The first-order valence-corrected chi connectivity index (χ1v) is 4.99. The summed E-state index contributed by atoms with van der Waals surface area (Å²) in [5.74, 6) is -0.449. The van der Waals surface area contributed by atoms with Gasteiger partial charge in [0.25, 0.3) is 5.91 Å². The van der Waals surface area contributed by atoms with E-state index in [1.165, 1.54) is 7.11 Å². The van der Waals surface area contributed by atoms with E-state index in [9.17, 15) is 9.59 Å². The SMILES string of the molecule is COCCOC(=O)C[C@@H]1[NH2+]CCNC1=O. The second-order valence-corrected chi connectivity index (χ2v) is 3.34. The second kappa shape index (κ2) is 6.36. The van der Waals surface area contributed by atoms with Crippen molar-refractivity contribution in [1.82, 2.24) is 5.32 Å². The number of amides is 1. The summed E-state index contributed by atoms with van der Waals surface area (Å²) < 4.78 is 9.61. The van der Waals surface area contributed by atoms with E-state index in [2.05, 4.69) is 5.32 Å². The van der Waals surface area contributed by atoms with Crippen molar-refractivity contribution in [3.63, 3.8) is 0 Å². The topological polar surface area (TPSA) is 81.2 Å². The number of piperazine rings is 1. The lowest BCUT2D eigenvalue weighted by Crippen LogP contribution is -2.96. The zero-order valence-electron chi connectivity index (χ0n) is 8.82. The van der Waals surface area contributed by atoms with E-state index in [4.69, 9.17) is 9.47 Å². The number of methoxy groups -OCH3 is 1. The van der Waals surface area contributed by atoms with Gasteiger partial charge >= 0.3 is 5.97 Å². The molecule has 86 valence electrons. The fraction of sp³-hybridized carbons (Fsp3) is 0.778. The highest BCUT2D eigenvalue weighted by molar-refractivity contribution is 5.85. The summed E-state index contributed by atoms with van der Waals surface area (Å²) in [6, 6.07) is -0.339. The van der Waals surface area contributed by atoms with Gasteiger partial charge in [0.05, 0.1) is 19.7 Å². The molecule has 0 aromatic carbocycles. The maximum absolute atomic E-state index is 11.3. The summed E-state index contributed by atoms with van der Waals surface area (Å²) in [6.45, 7) is 2.09. The van der Waals surface area contributed by atoms with Crippen LogP contribution in [-0.2, 0) is 19.1 Å². The lowest BCUT2D eigenvalue weighted by molar-refractivity contribution is -0.678. The van der Waals surface area contributed by atoms with E-state index >= 15 is 0 Å². The highest BCUT2D eigenvalue weighted by atomic mass is 16.6. The third-order valence-corrected chi connectivity index (χ3v) is 2.17. The Bertz CT molecular complexity index is 232. The average Bonchev–Trinajstić information content (AvgIpc) is 2.22. The number of hydrogen-bond acceptors (Lipinski definition) is 4. The number of ether oxygens (including phenoxy) is 2. The molecule has 0 spiro atoms. The fourth-order valence-electron chi connectivity index (χ4n) is 1.37. The second-order valence-electron chi connectivity index (χ2n) is 3.34. The van der Waals surface area contributed by atoms with Gasteiger partial charge in [0.15, 0.2) is 6.04 Å². The molecule has 0 aromatic heterocycles. The number of quaternary nitrogens is 1. The molecule has 6 nitrogen and oxygen atoms in total. The van der Waals surface area contributed by atoms with Gasteiger partial charge in [-0.15, -0.1) is 0 Å². The Morgan fingerprint density at radius 1 is 1.60 bits per heavy atom. The predicted octanol–water partition coefficient (Wildman–Crippen LogP) is -2.37. The number of nitrogens with two attached hydrogens (primary N) is 1. The molecule has 0 aromatic rings. The van der Waals surface area contributed by atoms with Crippen molar-refractivity contribution in [2.45, 2.75) is 12.5 Å². The molecular formula is C9H17N2O4+. The van der Waals surface area contributed by atoms with Crippen LogP contribution in [0.3, 0.4) is 0 Å². The molecule has 0 radical (unpaired) electrons. The zero-order chi connectivity index (χ0) is 11.1. The van der Waals surface area contributed by atoms with Gasteiger partial charge in [0.2, 0.25) is 0 Å². The highest BCUT2D eigenvalue weighted by Crippen LogP contribution is 1.93. The monoisotopic (exact) mass is 217 g/mol. The van der Waals surface area contributed by atoms with Gasteiger partial charge in [0.1, 0.15) is 13.0 Å². The van der Waals surface area contributed by atoms with Crippen molar-refractivity contribution in [2.24, 2.45) is 0 Å². The fourth-order valence-corrected chi connectivity index (χ4v) is 1.37. The van der Waals surface area contributed by atoms with Crippen LogP contribution in [0.15, 0.2) is 0 Å². The van der Waals surface area contributed by atoms with Gasteiger partial charge in [-0.1, -0.05) is 0 Å². The molecule has 1 aliphatic heterocycles. The summed E-state index contributed by atoms with van der Waals surface area (Å²) in [5.41, 5.74) is 0. The maximum Gasteiger partial charge on any atom is 0.312 e. The summed E-state index contributed by atoms with van der Waals surface area (Å²) in [4.78, 5) is 22.5. The largest absolute Gasteiger partial charge is 0.463 e. The lowest BCUT2D eigenvalue weighted by Gasteiger charge is -2.19. The van der Waals surface area contributed by atoms with Crippen molar-refractivity contribution >= 4 is 11.9 Å². The Balaban J connectivity index is 2.21. The summed E-state index contributed by atoms with van der Waals surface area (Å²) in [5, 5.41) is 4.56. The molecule has 1 saturated heterocycles. The molecule has 3 N–H and O–H groups in total. The van der Waals surface area contributed by atoms with Crippen LogP contribution in [0.2, 0.25) is 0 Å². The number of rotatable bonds is 5. The van der Waals surface area contributed by atoms with Crippen LogP contribution in [0.4, 0.5) is 0 Å². The van der Waals surface area contributed by atoms with Gasteiger partial charge in [-0.3, -0.25) is 9.59 Å².